The molecule has 1 aliphatic heterocycles. The molecule has 0 bridgehead atoms. The average Bonchev–Trinajstić information content (AvgIpc) is 2.83. The maximum atomic E-state index is 8.87. The molecule has 0 aromatic carbocycles. The highest BCUT2D eigenvalue weighted by Gasteiger charge is 2.16. The maximum absolute atomic E-state index is 8.87. The number of aryl methyl sites for hydroxylation is 1. The van der Waals surface area contributed by atoms with E-state index < -0.39 is 0 Å². The number of hydrogen-bond donors (Lipinski definition) is 1. The Bertz CT molecular complexity index is 377. The van der Waals surface area contributed by atoms with Gasteiger partial charge in [-0.1, -0.05) is 0 Å². The minimum absolute atomic E-state index is 0.276. The van der Waals surface area contributed by atoms with Crippen molar-refractivity contribution in [2.45, 2.75) is 25.9 Å². The Kier molecular flexibility index (Phi) is 3.19. The Balaban J connectivity index is 1.95. The van der Waals surface area contributed by atoms with E-state index in [1.807, 2.05) is 6.92 Å². The summed E-state index contributed by atoms with van der Waals surface area (Å²) < 4.78 is 5.49. The molecular weight excluding hydrogens is 210 g/mol. The summed E-state index contributed by atoms with van der Waals surface area (Å²) in [5, 5.41) is 13.0. The van der Waals surface area contributed by atoms with Gasteiger partial charge in [0.15, 0.2) is 5.82 Å². The molecule has 1 saturated heterocycles. The lowest BCUT2D eigenvalue weighted by Gasteiger charge is -2.09. The van der Waals surface area contributed by atoms with E-state index in [4.69, 9.17) is 10.00 Å². The first kappa shape index (κ1) is 10.4. The number of nitriles is 1. The maximum Gasteiger partial charge on any atom is 0.155 e. The van der Waals surface area contributed by atoms with Crippen LogP contribution in [0.25, 0.3) is 0 Å². The highest BCUT2D eigenvalue weighted by atomic mass is 32.1. The van der Waals surface area contributed by atoms with E-state index in [1.54, 1.807) is 0 Å². The second-order valence-corrected chi connectivity index (χ2v) is 4.74. The predicted molar refractivity (Wildman–Crippen MR) is 59.0 cm³/mol. The Morgan fingerprint density at radius 1 is 1.73 bits per heavy atom. The first-order valence-electron chi connectivity index (χ1n) is 5.02. The largest absolute Gasteiger partial charge is 0.376 e. The van der Waals surface area contributed by atoms with Crippen molar-refractivity contribution in [2.24, 2.45) is 0 Å². The highest BCUT2D eigenvalue weighted by Crippen LogP contribution is 2.22. The van der Waals surface area contributed by atoms with Gasteiger partial charge in [0.1, 0.15) is 10.9 Å². The van der Waals surface area contributed by atoms with Gasteiger partial charge in [0, 0.05) is 13.2 Å². The van der Waals surface area contributed by atoms with Crippen molar-refractivity contribution in [1.29, 1.82) is 5.26 Å². The van der Waals surface area contributed by atoms with Crippen LogP contribution >= 0.6 is 11.3 Å². The summed E-state index contributed by atoms with van der Waals surface area (Å²) in [5.41, 5.74) is 0. The van der Waals surface area contributed by atoms with Crippen molar-refractivity contribution in [3.63, 3.8) is 0 Å². The van der Waals surface area contributed by atoms with Crippen LogP contribution in [0.3, 0.4) is 0 Å². The third-order valence-electron chi connectivity index (χ3n) is 2.36. The topological polar surface area (TPSA) is 57.9 Å². The highest BCUT2D eigenvalue weighted by molar-refractivity contribution is 7.12. The summed E-state index contributed by atoms with van der Waals surface area (Å²) in [6.45, 7) is 3.51. The lowest BCUT2D eigenvalue weighted by atomic mass is 10.2. The van der Waals surface area contributed by atoms with Gasteiger partial charge in [-0.2, -0.15) is 5.26 Å². The van der Waals surface area contributed by atoms with Crippen LogP contribution in [0.1, 0.15) is 22.7 Å². The number of rotatable bonds is 3. The summed E-state index contributed by atoms with van der Waals surface area (Å²) in [5.74, 6) is 0.704. The molecule has 1 aromatic rings. The standard InChI is InChI=1S/C10H13N3OS/c1-7-13-10(9(5-11)15-7)12-6-8-3-2-4-14-8/h8,12H,2-4,6H2,1H3. The summed E-state index contributed by atoms with van der Waals surface area (Å²) in [6.07, 6.45) is 2.50. The van der Waals surface area contributed by atoms with Gasteiger partial charge >= 0.3 is 0 Å². The Morgan fingerprint density at radius 2 is 2.60 bits per heavy atom. The third kappa shape index (κ3) is 2.46. The van der Waals surface area contributed by atoms with Gasteiger partial charge in [0.05, 0.1) is 11.1 Å². The van der Waals surface area contributed by atoms with Crippen molar-refractivity contribution in [1.82, 2.24) is 4.98 Å². The van der Waals surface area contributed by atoms with Crippen molar-refractivity contribution >= 4 is 17.2 Å². The zero-order chi connectivity index (χ0) is 10.7. The van der Waals surface area contributed by atoms with Crippen molar-refractivity contribution in [3.05, 3.63) is 9.88 Å². The van der Waals surface area contributed by atoms with Crippen LogP contribution in [0.15, 0.2) is 0 Å². The van der Waals surface area contributed by atoms with Gasteiger partial charge in [0.2, 0.25) is 0 Å². The van der Waals surface area contributed by atoms with Crippen molar-refractivity contribution < 1.29 is 4.74 Å². The van der Waals surface area contributed by atoms with Crippen LogP contribution in [-0.2, 0) is 4.74 Å². The molecule has 0 amide bonds. The molecule has 1 fully saturated rings. The Morgan fingerprint density at radius 3 is 3.27 bits per heavy atom. The molecule has 15 heavy (non-hydrogen) atoms. The normalized spacial score (nSPS) is 20.1. The fraction of sp³-hybridized carbons (Fsp3) is 0.600. The molecule has 0 radical (unpaired) electrons. The molecule has 1 aliphatic rings. The Hall–Kier alpha value is -1.12. The molecule has 2 rings (SSSR count). The van der Waals surface area contributed by atoms with E-state index in [0.717, 1.165) is 31.0 Å². The van der Waals surface area contributed by atoms with Gasteiger partial charge in [-0.3, -0.25) is 0 Å². The molecule has 1 atom stereocenters. The molecule has 1 unspecified atom stereocenters. The first-order valence-corrected chi connectivity index (χ1v) is 5.84. The molecule has 0 aliphatic carbocycles. The van der Waals surface area contributed by atoms with Crippen LogP contribution in [0.5, 0.6) is 0 Å². The first-order chi connectivity index (χ1) is 7.29. The van der Waals surface area contributed by atoms with Crippen LogP contribution in [0, 0.1) is 18.3 Å². The van der Waals surface area contributed by atoms with Crippen molar-refractivity contribution in [3.8, 4) is 6.07 Å². The van der Waals surface area contributed by atoms with Gasteiger partial charge in [-0.25, -0.2) is 4.98 Å². The lowest BCUT2D eigenvalue weighted by molar-refractivity contribution is 0.120. The average molecular weight is 223 g/mol. The van der Waals surface area contributed by atoms with Gasteiger partial charge in [0.25, 0.3) is 0 Å². The van der Waals surface area contributed by atoms with E-state index >= 15 is 0 Å². The number of thiazole rings is 1. The van der Waals surface area contributed by atoms with E-state index in [2.05, 4.69) is 16.4 Å². The van der Waals surface area contributed by atoms with E-state index in [0.29, 0.717) is 10.7 Å². The number of nitrogens with zero attached hydrogens (tertiary/aromatic N) is 2. The second-order valence-electron chi connectivity index (χ2n) is 3.54. The molecule has 0 saturated carbocycles. The van der Waals surface area contributed by atoms with Gasteiger partial charge in [-0.05, 0) is 19.8 Å². The Labute approximate surface area is 92.9 Å². The summed E-state index contributed by atoms with van der Waals surface area (Å²) in [7, 11) is 0. The monoisotopic (exact) mass is 223 g/mol. The molecule has 5 heteroatoms. The fourth-order valence-electron chi connectivity index (χ4n) is 1.64. The molecule has 1 N–H and O–H groups in total. The second kappa shape index (κ2) is 4.60. The molecule has 80 valence electrons. The summed E-state index contributed by atoms with van der Waals surface area (Å²) in [4.78, 5) is 4.93. The zero-order valence-electron chi connectivity index (χ0n) is 8.62. The fourth-order valence-corrected chi connectivity index (χ4v) is 2.33. The minimum Gasteiger partial charge on any atom is -0.376 e. The zero-order valence-corrected chi connectivity index (χ0v) is 9.43. The summed E-state index contributed by atoms with van der Waals surface area (Å²) in [6, 6.07) is 2.14. The summed E-state index contributed by atoms with van der Waals surface area (Å²) >= 11 is 1.42. The molecule has 1 aromatic heterocycles. The smallest absolute Gasteiger partial charge is 0.155 e. The quantitative estimate of drug-likeness (QED) is 0.850. The number of hydrogen-bond acceptors (Lipinski definition) is 5. The number of nitrogens with one attached hydrogen (secondary N) is 1. The van der Waals surface area contributed by atoms with Crippen molar-refractivity contribution in [2.75, 3.05) is 18.5 Å². The predicted octanol–water partition coefficient (Wildman–Crippen LogP) is 1.91. The van der Waals surface area contributed by atoms with E-state index in [-0.39, 0.29) is 6.10 Å². The number of ether oxygens (including phenoxy) is 1. The van der Waals surface area contributed by atoms with Crippen LogP contribution in [0.4, 0.5) is 5.82 Å². The van der Waals surface area contributed by atoms with Gasteiger partial charge in [-0.15, -0.1) is 11.3 Å². The molecule has 0 spiro atoms. The van der Waals surface area contributed by atoms with E-state index in [9.17, 15) is 0 Å². The lowest BCUT2D eigenvalue weighted by Crippen LogP contribution is -2.18. The number of aromatic nitrogens is 1. The van der Waals surface area contributed by atoms with E-state index in [1.165, 1.54) is 11.3 Å². The third-order valence-corrected chi connectivity index (χ3v) is 3.23. The molecule has 4 nitrogen and oxygen atoms in total. The number of anilines is 1. The molecule has 2 heterocycles. The van der Waals surface area contributed by atoms with Crippen LogP contribution in [-0.4, -0.2) is 24.2 Å². The molecular formula is C10H13N3OS. The van der Waals surface area contributed by atoms with Crippen LogP contribution in [0.2, 0.25) is 0 Å². The van der Waals surface area contributed by atoms with Gasteiger partial charge < -0.3 is 10.1 Å². The van der Waals surface area contributed by atoms with Crippen LogP contribution < -0.4 is 5.32 Å². The SMILES string of the molecule is Cc1nc(NCC2CCCO2)c(C#N)s1. The minimum atomic E-state index is 0.276.